The number of hydrogen-bond donors (Lipinski definition) is 2. The molecular weight excluding hydrogens is 375 g/mol. The van der Waals surface area contributed by atoms with Crippen LogP contribution in [0, 0.1) is 5.82 Å². The van der Waals surface area contributed by atoms with E-state index in [4.69, 9.17) is 10.6 Å². The number of amidine groups is 1. The molecule has 0 aliphatic rings. The lowest BCUT2D eigenvalue weighted by atomic mass is 9.98. The van der Waals surface area contributed by atoms with Crippen LogP contribution in [0.25, 0.3) is 16.7 Å². The summed E-state index contributed by atoms with van der Waals surface area (Å²) >= 11 is 1.60. The van der Waals surface area contributed by atoms with Crippen LogP contribution in [0.1, 0.15) is 5.56 Å². The van der Waals surface area contributed by atoms with Crippen LogP contribution >= 0.6 is 11.8 Å². The highest BCUT2D eigenvalue weighted by molar-refractivity contribution is 7.98. The Balaban J connectivity index is 2.06. The normalized spacial score (nSPS) is 11.3. The first-order chi connectivity index (χ1) is 13.7. The van der Waals surface area contributed by atoms with Crippen molar-refractivity contribution >= 4 is 23.3 Å². The average Bonchev–Trinajstić information content (AvgIpc) is 2.74. The van der Waals surface area contributed by atoms with Crippen LogP contribution < -0.4 is 15.9 Å². The molecule has 0 heterocycles. The van der Waals surface area contributed by atoms with Gasteiger partial charge in [-0.25, -0.2) is 4.39 Å². The zero-order valence-corrected chi connectivity index (χ0v) is 16.2. The van der Waals surface area contributed by atoms with Gasteiger partial charge in [-0.2, -0.15) is 0 Å². The van der Waals surface area contributed by atoms with Gasteiger partial charge in [0.2, 0.25) is 5.84 Å². The Morgan fingerprint density at radius 1 is 1.04 bits per heavy atom. The maximum atomic E-state index is 14.2. The summed E-state index contributed by atoms with van der Waals surface area (Å²) in [6, 6.07) is 22.0. The highest BCUT2D eigenvalue weighted by Crippen LogP contribution is 2.32. The summed E-state index contributed by atoms with van der Waals surface area (Å²) in [5.74, 6) is 6.77. The molecule has 28 heavy (non-hydrogen) atoms. The first-order valence-corrected chi connectivity index (χ1v) is 10.0. The molecule has 0 saturated carbocycles. The Morgan fingerprint density at radius 3 is 2.46 bits per heavy atom. The Hall–Kier alpha value is -2.87. The molecule has 4 N–H and O–H groups in total. The molecule has 3 aromatic rings. The number of nitrogens with zero attached hydrogens (tertiary/aromatic N) is 2. The van der Waals surface area contributed by atoms with Crippen LogP contribution in [0.5, 0.6) is 5.75 Å². The van der Waals surface area contributed by atoms with Crippen molar-refractivity contribution in [2.75, 3.05) is 12.2 Å². The fraction of sp³-hybridized carbons (Fsp3) is 0.0952. The molecule has 144 valence electrons. The molecule has 3 aromatic carbocycles. The molecule has 0 bridgehead atoms. The lowest BCUT2D eigenvalue weighted by Crippen LogP contribution is -2.83. The minimum absolute atomic E-state index is 0.339. The monoisotopic (exact) mass is 396 g/mol. The van der Waals surface area contributed by atoms with Crippen molar-refractivity contribution in [3.05, 3.63) is 89.7 Å². The van der Waals surface area contributed by atoms with Gasteiger partial charge in [-0.1, -0.05) is 48.5 Å². The minimum Gasteiger partial charge on any atom is -0.538 e. The second kappa shape index (κ2) is 9.89. The van der Waals surface area contributed by atoms with Crippen molar-refractivity contribution in [1.29, 1.82) is 0 Å². The van der Waals surface area contributed by atoms with Crippen molar-refractivity contribution in [2.24, 2.45) is 10.9 Å². The summed E-state index contributed by atoms with van der Waals surface area (Å²) < 4.78 is 20.0. The van der Waals surface area contributed by atoms with Gasteiger partial charge in [0, 0.05) is 17.2 Å². The number of halogens is 1. The van der Waals surface area contributed by atoms with Gasteiger partial charge in [0.1, 0.15) is 11.7 Å². The zero-order valence-electron chi connectivity index (χ0n) is 15.4. The number of hydrogen-bond acceptors (Lipinski definition) is 4. The molecule has 0 radical (unpaired) electrons. The molecule has 0 saturated heterocycles. The third kappa shape index (κ3) is 4.69. The molecule has 0 amide bonds. The van der Waals surface area contributed by atoms with E-state index in [1.54, 1.807) is 35.3 Å². The smallest absolute Gasteiger partial charge is 0.219 e. The van der Waals surface area contributed by atoms with Crippen molar-refractivity contribution in [3.8, 4) is 16.9 Å². The van der Waals surface area contributed by atoms with Crippen molar-refractivity contribution < 1.29 is 14.4 Å². The van der Waals surface area contributed by atoms with Crippen LogP contribution in [0.15, 0.2) is 77.9 Å². The molecular formula is C21H21FN4OS. The minimum atomic E-state index is -0.339. The lowest BCUT2D eigenvalue weighted by Gasteiger charge is -2.16. The molecule has 0 aromatic heterocycles. The number of benzene rings is 3. The van der Waals surface area contributed by atoms with Gasteiger partial charge >= 0.3 is 0 Å². The van der Waals surface area contributed by atoms with E-state index in [-0.39, 0.29) is 5.82 Å². The molecule has 0 spiro atoms. The maximum absolute atomic E-state index is 14.2. The van der Waals surface area contributed by atoms with E-state index in [0.29, 0.717) is 17.5 Å². The molecule has 5 nitrogen and oxygen atoms in total. The highest BCUT2D eigenvalue weighted by Gasteiger charge is 2.18. The number of para-hydroxylation sites is 2. The van der Waals surface area contributed by atoms with E-state index in [2.05, 4.69) is 10.6 Å². The predicted molar refractivity (Wildman–Crippen MR) is 113 cm³/mol. The van der Waals surface area contributed by atoms with Gasteiger partial charge in [0.25, 0.3) is 0 Å². The van der Waals surface area contributed by atoms with E-state index in [1.165, 1.54) is 6.07 Å². The summed E-state index contributed by atoms with van der Waals surface area (Å²) in [7, 11) is 0. The molecule has 3 rings (SSSR count). The van der Waals surface area contributed by atoms with Gasteiger partial charge in [-0.3, -0.25) is 5.32 Å². The van der Waals surface area contributed by atoms with E-state index in [1.807, 2.05) is 54.8 Å². The van der Waals surface area contributed by atoms with Crippen LogP contribution in [0.4, 0.5) is 10.1 Å². The third-order valence-corrected chi connectivity index (χ3v) is 4.43. The van der Waals surface area contributed by atoms with Crippen LogP contribution in [-0.4, -0.2) is 18.0 Å². The van der Waals surface area contributed by atoms with Crippen LogP contribution in [0.2, 0.25) is 0 Å². The highest BCUT2D eigenvalue weighted by atomic mass is 32.2. The Morgan fingerprint density at radius 2 is 1.71 bits per heavy atom. The molecule has 0 aliphatic heterocycles. The molecule has 0 unspecified atom stereocenters. The summed E-state index contributed by atoms with van der Waals surface area (Å²) in [5.41, 5.74) is 6.44. The number of thioether (sulfide) groups is 1. The summed E-state index contributed by atoms with van der Waals surface area (Å²) in [6.07, 6.45) is 1.98. The van der Waals surface area contributed by atoms with E-state index in [9.17, 15) is 4.39 Å². The van der Waals surface area contributed by atoms with Gasteiger partial charge < -0.3 is 21.2 Å². The Kier molecular flexibility index (Phi) is 7.02. The maximum Gasteiger partial charge on any atom is 0.219 e. The van der Waals surface area contributed by atoms with Gasteiger partial charge in [-0.05, 0) is 24.5 Å². The molecule has 0 atom stereocenters. The van der Waals surface area contributed by atoms with Gasteiger partial charge in [0.05, 0.1) is 5.56 Å². The quantitative estimate of drug-likeness (QED) is 0.158. The second-order valence-corrected chi connectivity index (χ2v) is 6.67. The van der Waals surface area contributed by atoms with Crippen molar-refractivity contribution in [3.63, 3.8) is 0 Å². The zero-order chi connectivity index (χ0) is 19.8. The van der Waals surface area contributed by atoms with Gasteiger partial charge in [0.15, 0.2) is 11.5 Å². The van der Waals surface area contributed by atoms with E-state index in [0.717, 1.165) is 22.4 Å². The van der Waals surface area contributed by atoms with E-state index < -0.39 is 0 Å². The second-order valence-electron chi connectivity index (χ2n) is 5.86. The van der Waals surface area contributed by atoms with Crippen molar-refractivity contribution in [2.45, 2.75) is 0 Å². The standard InChI is InChI=1S/C21H20FN4OS/c1-28-14-27-20-13-7-4-9-16(20)15-8-2-3-10-17(15)21(25-26-23)24-19-12-6-5-11-18(19)22/h2-13H,14,23H2,1H3,(H,24,25)/q-1/p+1. The summed E-state index contributed by atoms with van der Waals surface area (Å²) in [5, 5.41) is 5.70. The van der Waals surface area contributed by atoms with E-state index >= 15 is 0 Å². The molecule has 7 heteroatoms. The lowest BCUT2D eigenvalue weighted by molar-refractivity contribution is -0.445. The number of nitrogens with two attached hydrogens (primary N) is 2. The van der Waals surface area contributed by atoms with Crippen LogP contribution in [-0.2, 0) is 0 Å². The molecule has 0 aliphatic carbocycles. The fourth-order valence-electron chi connectivity index (χ4n) is 2.84. The topological polar surface area (TPSA) is 78.3 Å². The van der Waals surface area contributed by atoms with Crippen LogP contribution in [0.3, 0.4) is 0 Å². The first kappa shape index (κ1) is 19.9. The molecule has 0 fully saturated rings. The first-order valence-electron chi connectivity index (χ1n) is 8.62. The SMILES string of the molecule is CSCOc1ccccc1-c1ccccc1/C(=N/[N-]N)[NH2+]c1ccccc1F. The largest absolute Gasteiger partial charge is 0.538 e. The van der Waals surface area contributed by atoms with Gasteiger partial charge in [-0.15, -0.1) is 11.8 Å². The van der Waals surface area contributed by atoms with Crippen molar-refractivity contribution in [1.82, 2.24) is 0 Å². The number of rotatable bonds is 7. The summed E-state index contributed by atoms with van der Waals surface area (Å²) in [4.78, 5) is 0. The summed E-state index contributed by atoms with van der Waals surface area (Å²) in [6.45, 7) is 0. The predicted octanol–water partition coefficient (Wildman–Crippen LogP) is 4.00. The Bertz CT molecular complexity index is 964. The third-order valence-electron chi connectivity index (χ3n) is 4.08. The number of ether oxygens (including phenoxy) is 1. The Labute approximate surface area is 167 Å². The number of quaternary nitrogens is 1. The fourth-order valence-corrected chi connectivity index (χ4v) is 3.09. The average molecular weight is 396 g/mol.